The van der Waals surface area contributed by atoms with Crippen LogP contribution in [0.2, 0.25) is 5.02 Å². The smallest absolute Gasteiger partial charge is 0.168 e. The van der Waals surface area contributed by atoms with Crippen LogP contribution in [0.25, 0.3) is 0 Å². The fourth-order valence-electron chi connectivity index (χ4n) is 4.63. The Bertz CT molecular complexity index is 818. The van der Waals surface area contributed by atoms with E-state index in [0.717, 1.165) is 69.4 Å². The molecule has 3 heterocycles. The molecular weight excluding hydrogens is 435 g/mol. The largest absolute Gasteiger partial charge is 1.00 e. The quantitative estimate of drug-likeness (QED) is 0.573. The first-order valence-corrected chi connectivity index (χ1v) is 11.7. The lowest BCUT2D eigenvalue weighted by molar-refractivity contribution is -0.00000803. The third-order valence-corrected chi connectivity index (χ3v) is 6.59. The summed E-state index contributed by atoms with van der Waals surface area (Å²) in [6.45, 7) is 9.96. The van der Waals surface area contributed by atoms with Crippen LogP contribution in [0.3, 0.4) is 0 Å². The van der Waals surface area contributed by atoms with Crippen molar-refractivity contribution in [3.05, 3.63) is 34.6 Å². The van der Waals surface area contributed by atoms with E-state index < -0.39 is 0 Å². The maximum atomic E-state index is 6.25. The van der Waals surface area contributed by atoms with Crippen LogP contribution in [0.1, 0.15) is 56.5 Å². The molecule has 0 N–H and O–H groups in total. The van der Waals surface area contributed by atoms with Gasteiger partial charge >= 0.3 is 0 Å². The van der Waals surface area contributed by atoms with Crippen LogP contribution in [-0.4, -0.2) is 64.0 Å². The fourth-order valence-corrected chi connectivity index (χ4v) is 4.80. The van der Waals surface area contributed by atoms with E-state index >= 15 is 0 Å². The van der Waals surface area contributed by atoms with Crippen LogP contribution in [0.4, 0.5) is 5.69 Å². The number of ether oxygens (including phenoxy) is 1. The number of piperazine rings is 1. The molecule has 31 heavy (non-hydrogen) atoms. The molecular formula is C22H33Cl2N6O-. The Hall–Kier alpha value is -1.41. The van der Waals surface area contributed by atoms with E-state index in [9.17, 15) is 0 Å². The average molecular weight is 468 g/mol. The molecule has 2 aromatic rings. The highest BCUT2D eigenvalue weighted by Crippen LogP contribution is 2.30. The van der Waals surface area contributed by atoms with Gasteiger partial charge in [0, 0.05) is 43.5 Å². The highest BCUT2D eigenvalue weighted by atomic mass is 35.5. The molecule has 2 aliphatic rings. The molecule has 2 atom stereocenters. The van der Waals surface area contributed by atoms with Crippen LogP contribution >= 0.6 is 11.6 Å². The summed E-state index contributed by atoms with van der Waals surface area (Å²) in [6, 6.07) is 6.41. The molecule has 0 aliphatic carbocycles. The van der Waals surface area contributed by atoms with Gasteiger partial charge in [-0.2, -0.15) is 0 Å². The van der Waals surface area contributed by atoms with E-state index in [1.165, 1.54) is 24.1 Å². The van der Waals surface area contributed by atoms with E-state index in [4.69, 9.17) is 16.3 Å². The first-order valence-electron chi connectivity index (χ1n) is 11.3. The summed E-state index contributed by atoms with van der Waals surface area (Å²) in [5, 5.41) is 13.6. The van der Waals surface area contributed by atoms with Crippen LogP contribution < -0.4 is 17.3 Å². The number of tetrazole rings is 1. The van der Waals surface area contributed by atoms with Gasteiger partial charge in [-0.25, -0.2) is 4.68 Å². The zero-order valence-electron chi connectivity index (χ0n) is 18.5. The van der Waals surface area contributed by atoms with Crippen molar-refractivity contribution < 1.29 is 17.1 Å². The monoisotopic (exact) mass is 467 g/mol. The minimum Gasteiger partial charge on any atom is -1.00 e. The summed E-state index contributed by atoms with van der Waals surface area (Å²) in [7, 11) is 0. The van der Waals surface area contributed by atoms with E-state index in [1.807, 2.05) is 10.7 Å². The maximum absolute atomic E-state index is 6.25. The lowest BCUT2D eigenvalue weighted by atomic mass is 10.1. The normalized spacial score (nSPS) is 20.6. The van der Waals surface area contributed by atoms with Crippen LogP contribution in [0.15, 0.2) is 18.2 Å². The first kappa shape index (κ1) is 24.2. The third kappa shape index (κ3) is 5.89. The second-order valence-corrected chi connectivity index (χ2v) is 8.90. The number of nitrogens with zero attached hydrogens (tertiary/aromatic N) is 6. The van der Waals surface area contributed by atoms with E-state index in [-0.39, 0.29) is 24.6 Å². The van der Waals surface area contributed by atoms with E-state index in [1.54, 1.807) is 0 Å². The van der Waals surface area contributed by atoms with Crippen molar-refractivity contribution in [2.45, 2.75) is 64.6 Å². The molecule has 2 fully saturated rings. The van der Waals surface area contributed by atoms with Crippen molar-refractivity contribution >= 4 is 17.3 Å². The second kappa shape index (κ2) is 11.5. The number of aromatic nitrogens is 4. The van der Waals surface area contributed by atoms with Crippen LogP contribution in [0.5, 0.6) is 0 Å². The van der Waals surface area contributed by atoms with Crippen molar-refractivity contribution in [1.82, 2.24) is 25.1 Å². The molecule has 7 nitrogen and oxygen atoms in total. The molecule has 2 saturated heterocycles. The van der Waals surface area contributed by atoms with E-state index in [2.05, 4.69) is 51.3 Å². The number of unbranched alkanes of at least 4 members (excludes halogenated alkanes) is 1. The van der Waals surface area contributed by atoms with Gasteiger partial charge in [-0.15, -0.1) is 5.10 Å². The van der Waals surface area contributed by atoms with Gasteiger partial charge < -0.3 is 22.0 Å². The second-order valence-electron chi connectivity index (χ2n) is 8.47. The molecule has 0 amide bonds. The molecule has 0 spiro atoms. The Labute approximate surface area is 196 Å². The molecule has 4 rings (SSSR count). The Kier molecular flexibility index (Phi) is 8.95. The summed E-state index contributed by atoms with van der Waals surface area (Å²) in [5.41, 5.74) is 2.52. The van der Waals surface area contributed by atoms with Crippen molar-refractivity contribution in [3.63, 3.8) is 0 Å². The number of aryl methyl sites for hydroxylation is 1. The summed E-state index contributed by atoms with van der Waals surface area (Å²) in [6.07, 6.45) is 5.89. The highest BCUT2D eigenvalue weighted by molar-refractivity contribution is 6.30. The van der Waals surface area contributed by atoms with Gasteiger partial charge in [-0.1, -0.05) is 37.4 Å². The van der Waals surface area contributed by atoms with Gasteiger partial charge in [0.1, 0.15) is 0 Å². The highest BCUT2D eigenvalue weighted by Gasteiger charge is 2.30. The van der Waals surface area contributed by atoms with Gasteiger partial charge in [0.15, 0.2) is 5.82 Å². The Morgan fingerprint density at radius 2 is 2.03 bits per heavy atom. The number of hydrogen-bond acceptors (Lipinski definition) is 6. The molecule has 9 heteroatoms. The van der Waals surface area contributed by atoms with Crippen molar-refractivity contribution in [1.29, 1.82) is 0 Å². The average Bonchev–Trinajstić information content (AvgIpc) is 3.44. The first-order chi connectivity index (χ1) is 14.7. The fraction of sp³-hybridized carbons (Fsp3) is 0.682. The zero-order valence-corrected chi connectivity index (χ0v) is 20.0. The lowest BCUT2D eigenvalue weighted by Crippen LogP contribution is -3.00. The molecule has 1 aromatic carbocycles. The molecule has 2 aliphatic heterocycles. The number of anilines is 1. The molecule has 0 bridgehead atoms. The summed E-state index contributed by atoms with van der Waals surface area (Å²) < 4.78 is 7.81. The minimum atomic E-state index is 0. The van der Waals surface area contributed by atoms with Crippen molar-refractivity contribution in [2.75, 3.05) is 37.7 Å². The molecule has 1 aromatic heterocycles. The predicted molar refractivity (Wildman–Crippen MR) is 119 cm³/mol. The molecule has 2 unspecified atom stereocenters. The maximum Gasteiger partial charge on any atom is 0.168 e. The van der Waals surface area contributed by atoms with Gasteiger partial charge in [0.05, 0.1) is 18.7 Å². The third-order valence-electron chi connectivity index (χ3n) is 6.36. The number of benzene rings is 1. The van der Waals surface area contributed by atoms with E-state index in [0.29, 0.717) is 0 Å². The van der Waals surface area contributed by atoms with Crippen molar-refractivity contribution in [2.24, 2.45) is 0 Å². The van der Waals surface area contributed by atoms with Gasteiger partial charge in [-0.05, 0) is 54.3 Å². The van der Waals surface area contributed by atoms with Crippen LogP contribution in [-0.2, 0) is 11.3 Å². The molecule has 172 valence electrons. The summed E-state index contributed by atoms with van der Waals surface area (Å²) >= 11 is 6.25. The van der Waals surface area contributed by atoms with Gasteiger partial charge in [0.25, 0.3) is 0 Å². The SMILES string of the molecule is CCCCC(c1nnnn1CC1CCCO1)N1CCN(c2cc(Cl)ccc2C)CC1.[Cl-]. The standard InChI is InChI=1S/C22H33ClN6O.ClH/c1-3-4-7-20(22-24-25-26-29(22)16-19-6-5-14-30-19)27-10-12-28(13-11-27)21-15-18(23)9-8-17(21)2;/h8-9,15,19-20H,3-7,10-14,16H2,1-2H3;1H/p-1. The molecule has 0 radical (unpaired) electrons. The Balaban J connectivity index is 0.00000272. The van der Waals surface area contributed by atoms with Gasteiger partial charge in [-0.3, -0.25) is 4.90 Å². The lowest BCUT2D eigenvalue weighted by Gasteiger charge is -2.40. The van der Waals surface area contributed by atoms with Crippen LogP contribution in [0, 0.1) is 6.92 Å². The summed E-state index contributed by atoms with van der Waals surface area (Å²) in [5.74, 6) is 0.992. The Morgan fingerprint density at radius 3 is 2.74 bits per heavy atom. The topological polar surface area (TPSA) is 59.3 Å². The predicted octanol–water partition coefficient (Wildman–Crippen LogP) is 0.871. The minimum absolute atomic E-state index is 0. The molecule has 0 saturated carbocycles. The van der Waals surface area contributed by atoms with Gasteiger partial charge in [0.2, 0.25) is 0 Å². The number of halogens is 2. The zero-order chi connectivity index (χ0) is 20.9. The Morgan fingerprint density at radius 1 is 1.23 bits per heavy atom. The number of hydrogen-bond donors (Lipinski definition) is 0. The van der Waals surface area contributed by atoms with Crippen molar-refractivity contribution in [3.8, 4) is 0 Å². The number of rotatable bonds is 8. The summed E-state index contributed by atoms with van der Waals surface area (Å²) in [4.78, 5) is 5.01.